The number of aliphatic hydroxyl groups is 2. The third kappa shape index (κ3) is 7.12. The zero-order valence-electron chi connectivity index (χ0n) is 21.7. The van der Waals surface area contributed by atoms with E-state index in [0.29, 0.717) is 0 Å². The van der Waals surface area contributed by atoms with Crippen molar-refractivity contribution in [2.45, 2.75) is 50.5 Å². The molecule has 4 rings (SSSR count). The second-order valence-electron chi connectivity index (χ2n) is 9.36. The van der Waals surface area contributed by atoms with E-state index < -0.39 is 56.0 Å². The molecule has 214 valence electrons. The highest BCUT2D eigenvalue weighted by Gasteiger charge is 2.53. The molecular formula is C26H30N3O9PS. The number of H-pyrrole nitrogens is 1. The molecule has 1 aliphatic rings. The van der Waals surface area contributed by atoms with Crippen molar-refractivity contribution in [3.63, 3.8) is 0 Å². The summed E-state index contributed by atoms with van der Waals surface area (Å²) in [5.74, 6) is -0.502. The molecule has 1 aliphatic heterocycles. The molecule has 4 N–H and O–H groups in total. The first-order valence-corrected chi connectivity index (χ1v) is 14.3. The molecule has 3 aromatic rings. The van der Waals surface area contributed by atoms with Gasteiger partial charge in [-0.1, -0.05) is 48.5 Å². The average molecular weight is 592 g/mol. The molecule has 12 nitrogen and oxygen atoms in total. The molecule has 14 heteroatoms. The van der Waals surface area contributed by atoms with Gasteiger partial charge in [-0.3, -0.25) is 23.7 Å². The van der Waals surface area contributed by atoms with Gasteiger partial charge in [0, 0.05) is 12.3 Å². The van der Waals surface area contributed by atoms with Crippen molar-refractivity contribution in [1.29, 1.82) is 0 Å². The summed E-state index contributed by atoms with van der Waals surface area (Å²) >= 11 is 5.16. The van der Waals surface area contributed by atoms with Crippen molar-refractivity contribution < 1.29 is 38.1 Å². The summed E-state index contributed by atoms with van der Waals surface area (Å²) in [7, 11) is -4.27. The third-order valence-electron chi connectivity index (χ3n) is 6.17. The molecule has 1 fully saturated rings. The summed E-state index contributed by atoms with van der Waals surface area (Å²) in [5, 5.41) is 24.4. The van der Waals surface area contributed by atoms with E-state index in [4.69, 9.17) is 30.7 Å². The predicted octanol–water partition coefficient (Wildman–Crippen LogP) is 2.84. The van der Waals surface area contributed by atoms with Crippen molar-refractivity contribution in [1.82, 2.24) is 14.6 Å². The van der Waals surface area contributed by atoms with Crippen LogP contribution < -0.4 is 15.2 Å². The van der Waals surface area contributed by atoms with Crippen LogP contribution >= 0.6 is 20.0 Å². The number of para-hydroxylation sites is 1. The second-order valence-corrected chi connectivity index (χ2v) is 11.4. The Morgan fingerprint density at radius 2 is 1.85 bits per heavy atom. The summed E-state index contributed by atoms with van der Waals surface area (Å²) in [4.78, 5) is 26.6. The number of aromatic nitrogens is 2. The fourth-order valence-electron chi connectivity index (χ4n) is 4.01. The minimum atomic E-state index is -4.27. The number of carbonyl (C=O) groups is 1. The minimum Gasteiger partial charge on any atom is -0.460 e. The van der Waals surface area contributed by atoms with Gasteiger partial charge in [-0.25, -0.2) is 4.57 Å². The van der Waals surface area contributed by atoms with Crippen molar-refractivity contribution >= 4 is 25.9 Å². The van der Waals surface area contributed by atoms with Gasteiger partial charge in [0.2, 0.25) is 0 Å². The zero-order chi connectivity index (χ0) is 28.9. The van der Waals surface area contributed by atoms with Crippen LogP contribution in [0.3, 0.4) is 0 Å². The van der Waals surface area contributed by atoms with Crippen LogP contribution in [0, 0.1) is 4.77 Å². The van der Waals surface area contributed by atoms with E-state index in [2.05, 4.69) is 10.1 Å². The predicted molar refractivity (Wildman–Crippen MR) is 146 cm³/mol. The summed E-state index contributed by atoms with van der Waals surface area (Å²) in [6.07, 6.45) is -2.58. The highest BCUT2D eigenvalue weighted by molar-refractivity contribution is 7.71. The molecular weight excluding hydrogens is 561 g/mol. The molecule has 2 unspecified atom stereocenters. The van der Waals surface area contributed by atoms with E-state index in [-0.39, 0.29) is 17.1 Å². The fraction of sp³-hybridized carbons (Fsp3) is 0.346. The largest absolute Gasteiger partial charge is 0.460 e. The van der Waals surface area contributed by atoms with E-state index in [1.807, 2.05) is 18.2 Å². The molecule has 1 saturated heterocycles. The maximum absolute atomic E-state index is 13.8. The first-order chi connectivity index (χ1) is 19.0. The SMILES string of the molecule is C[C@H](NP(=O)(OC[C@H]1O[C@@H](n2ccc(=O)[nH]c2=S)C(C)(O)[C@H]1O)Oc1ccccc1)C(=O)OCc1ccccc1. The number of rotatable bonds is 11. The Morgan fingerprint density at radius 1 is 1.20 bits per heavy atom. The molecule has 0 radical (unpaired) electrons. The maximum Gasteiger partial charge on any atom is 0.459 e. The summed E-state index contributed by atoms with van der Waals surface area (Å²) in [6, 6.07) is 17.3. The normalized spacial score (nSPS) is 24.6. The van der Waals surface area contributed by atoms with Crippen LogP contribution in [0.5, 0.6) is 5.75 Å². The Hall–Kier alpha value is -3.16. The molecule has 40 heavy (non-hydrogen) atoms. The average Bonchev–Trinajstić information content (AvgIpc) is 3.15. The zero-order valence-corrected chi connectivity index (χ0v) is 23.4. The number of aliphatic hydroxyl groups excluding tert-OH is 1. The van der Waals surface area contributed by atoms with Gasteiger partial charge in [-0.2, -0.15) is 5.09 Å². The molecule has 1 aromatic heterocycles. The van der Waals surface area contributed by atoms with Gasteiger partial charge in [0.25, 0.3) is 5.56 Å². The summed E-state index contributed by atoms with van der Waals surface area (Å²) in [5.41, 5.74) is -1.53. The van der Waals surface area contributed by atoms with Gasteiger partial charge < -0.3 is 24.2 Å². The Morgan fingerprint density at radius 3 is 2.50 bits per heavy atom. The summed E-state index contributed by atoms with van der Waals surface area (Å²) < 4.78 is 37.5. The number of hydrogen-bond acceptors (Lipinski definition) is 10. The van der Waals surface area contributed by atoms with E-state index in [1.165, 1.54) is 30.7 Å². The quantitative estimate of drug-likeness (QED) is 0.147. The standard InChI is InChI=1S/C26H30N3O9PS/c1-17(23(32)35-15-18-9-5-3-6-10-18)28-39(34,38-19-11-7-4-8-12-19)36-16-20-22(31)26(2,33)24(37-20)29-14-13-21(30)27-25(29)40/h3-14,17,20,22,24,31,33H,15-16H2,1-2H3,(H,28,34)(H,27,30,40)/t17-,20+,22-,24+,26?,39?/m0/s1. The van der Waals surface area contributed by atoms with Crippen molar-refractivity contribution in [3.8, 4) is 5.75 Å². The molecule has 0 amide bonds. The second kappa shape index (κ2) is 12.6. The summed E-state index contributed by atoms with van der Waals surface area (Å²) in [6.45, 7) is 2.28. The van der Waals surface area contributed by atoms with E-state index >= 15 is 0 Å². The Balaban J connectivity index is 1.48. The lowest BCUT2D eigenvalue weighted by Gasteiger charge is -2.28. The van der Waals surface area contributed by atoms with Gasteiger partial charge in [0.05, 0.1) is 6.61 Å². The lowest BCUT2D eigenvalue weighted by Crippen LogP contribution is -2.45. The third-order valence-corrected chi connectivity index (χ3v) is 8.12. The van der Waals surface area contributed by atoms with Crippen LogP contribution in [0.1, 0.15) is 25.6 Å². The van der Waals surface area contributed by atoms with Crippen molar-refractivity contribution in [3.05, 3.63) is 93.6 Å². The van der Waals surface area contributed by atoms with Crippen molar-refractivity contribution in [2.24, 2.45) is 0 Å². The number of ether oxygens (including phenoxy) is 2. The topological polar surface area (TPSA) is 161 Å². The first-order valence-electron chi connectivity index (χ1n) is 12.3. The van der Waals surface area contributed by atoms with E-state index in [0.717, 1.165) is 5.56 Å². The molecule has 2 aromatic carbocycles. The fourth-order valence-corrected chi connectivity index (χ4v) is 5.77. The van der Waals surface area contributed by atoms with Gasteiger partial charge >= 0.3 is 13.7 Å². The first kappa shape index (κ1) is 29.8. The van der Waals surface area contributed by atoms with Gasteiger partial charge in [0.1, 0.15) is 36.2 Å². The minimum absolute atomic E-state index is 0.0161. The number of carbonyl (C=O) groups excluding carboxylic acids is 1. The van der Waals surface area contributed by atoms with Crippen LogP contribution in [-0.4, -0.2) is 56.2 Å². The van der Waals surface area contributed by atoms with Gasteiger partial charge in [-0.05, 0) is 43.8 Å². The lowest BCUT2D eigenvalue weighted by molar-refractivity contribution is -0.146. The van der Waals surface area contributed by atoms with Crippen LogP contribution in [0.4, 0.5) is 0 Å². The highest BCUT2D eigenvalue weighted by Crippen LogP contribution is 2.47. The van der Waals surface area contributed by atoms with Crippen LogP contribution in [0.25, 0.3) is 0 Å². The number of aromatic amines is 1. The molecule has 0 aliphatic carbocycles. The Bertz CT molecular complexity index is 1470. The van der Waals surface area contributed by atoms with Crippen LogP contribution in [0.2, 0.25) is 0 Å². The number of benzene rings is 2. The Labute approximate surface area is 235 Å². The Kier molecular flexibility index (Phi) is 9.37. The number of hydrogen-bond donors (Lipinski definition) is 4. The number of esters is 1. The molecule has 0 saturated carbocycles. The molecule has 0 spiro atoms. The maximum atomic E-state index is 13.8. The highest BCUT2D eigenvalue weighted by atomic mass is 32.1. The van der Waals surface area contributed by atoms with Crippen LogP contribution in [0.15, 0.2) is 77.7 Å². The monoisotopic (exact) mass is 591 g/mol. The number of nitrogens with zero attached hydrogens (tertiary/aromatic N) is 1. The van der Waals surface area contributed by atoms with E-state index in [9.17, 15) is 24.4 Å². The lowest BCUT2D eigenvalue weighted by atomic mass is 9.96. The number of nitrogens with one attached hydrogen (secondary N) is 2. The van der Waals surface area contributed by atoms with Crippen LogP contribution in [-0.2, 0) is 30.0 Å². The molecule has 2 heterocycles. The molecule has 6 atom stereocenters. The van der Waals surface area contributed by atoms with E-state index in [1.54, 1.807) is 42.5 Å². The van der Waals surface area contributed by atoms with Crippen molar-refractivity contribution in [2.75, 3.05) is 6.61 Å². The van der Waals surface area contributed by atoms with Gasteiger partial charge in [-0.15, -0.1) is 0 Å². The van der Waals surface area contributed by atoms with Gasteiger partial charge in [0.15, 0.2) is 11.0 Å². The molecule has 0 bridgehead atoms. The smallest absolute Gasteiger partial charge is 0.459 e.